The molecule has 0 saturated carbocycles. The Labute approximate surface area is 201 Å². The molecule has 0 atom stereocenters. The molecule has 1 saturated heterocycles. The van der Waals surface area contributed by atoms with Crippen molar-refractivity contribution in [3.05, 3.63) is 83.4 Å². The second-order valence-electron chi connectivity index (χ2n) is 9.37. The Morgan fingerprint density at radius 2 is 1.88 bits per heavy atom. The first-order valence-corrected chi connectivity index (χ1v) is 12.0. The van der Waals surface area contributed by atoms with Crippen molar-refractivity contribution < 1.29 is 4.79 Å². The number of hydrogen-bond donors (Lipinski definition) is 0. The highest BCUT2D eigenvalue weighted by Gasteiger charge is 2.25. The zero-order valence-corrected chi connectivity index (χ0v) is 20.4. The summed E-state index contributed by atoms with van der Waals surface area (Å²) in [5.74, 6) is -0.0716. The van der Waals surface area contributed by atoms with Crippen LogP contribution in [0.1, 0.15) is 36.8 Å². The molecule has 0 bridgehead atoms. The highest BCUT2D eigenvalue weighted by atomic mass is 16.2. The second kappa shape index (κ2) is 9.06. The minimum atomic E-state index is -0.0716. The van der Waals surface area contributed by atoms with Crippen LogP contribution in [-0.4, -0.2) is 68.4 Å². The van der Waals surface area contributed by atoms with Crippen LogP contribution in [0.15, 0.2) is 66.3 Å². The van der Waals surface area contributed by atoms with Gasteiger partial charge in [-0.3, -0.25) is 14.7 Å². The number of allylic oxidation sites excluding steroid dienone is 6. The van der Waals surface area contributed by atoms with Crippen LogP contribution in [0.3, 0.4) is 0 Å². The average Bonchev–Trinajstić information content (AvgIpc) is 3.25. The van der Waals surface area contributed by atoms with Crippen LogP contribution in [-0.2, 0) is 11.2 Å². The monoisotopic (exact) mass is 456 g/mol. The molecule has 0 radical (unpaired) electrons. The van der Waals surface area contributed by atoms with E-state index in [9.17, 15) is 4.79 Å². The largest absolute Gasteiger partial charge is 0.370 e. The van der Waals surface area contributed by atoms with Gasteiger partial charge in [0.15, 0.2) is 0 Å². The molecule has 1 amide bonds. The van der Waals surface area contributed by atoms with Gasteiger partial charge in [-0.2, -0.15) is 5.10 Å². The summed E-state index contributed by atoms with van der Waals surface area (Å²) in [6.45, 7) is 6.06. The summed E-state index contributed by atoms with van der Waals surface area (Å²) < 4.78 is 1.87. The summed E-state index contributed by atoms with van der Waals surface area (Å²) in [4.78, 5) is 24.4. The van der Waals surface area contributed by atoms with Gasteiger partial charge in [0.25, 0.3) is 5.91 Å². The summed E-state index contributed by atoms with van der Waals surface area (Å²) in [7, 11) is 4.30. The smallest absolute Gasteiger partial charge is 0.255 e. The summed E-state index contributed by atoms with van der Waals surface area (Å²) in [6.07, 6.45) is 18.7. The van der Waals surface area contributed by atoms with Gasteiger partial charge in [0, 0.05) is 42.7 Å². The minimum Gasteiger partial charge on any atom is -0.370 e. The van der Waals surface area contributed by atoms with Gasteiger partial charge in [0.2, 0.25) is 0 Å². The highest BCUT2D eigenvalue weighted by Crippen LogP contribution is 2.27. The van der Waals surface area contributed by atoms with Gasteiger partial charge in [-0.25, -0.2) is 4.52 Å². The predicted octanol–water partition coefficient (Wildman–Crippen LogP) is 3.70. The lowest BCUT2D eigenvalue weighted by atomic mass is 10.0. The lowest BCUT2D eigenvalue weighted by Gasteiger charge is -2.38. The minimum absolute atomic E-state index is 0.0716. The number of carbonyl (C=O) groups excluding carboxylic acids is 1. The van der Waals surface area contributed by atoms with Gasteiger partial charge < -0.3 is 9.80 Å². The van der Waals surface area contributed by atoms with E-state index in [4.69, 9.17) is 5.10 Å². The lowest BCUT2D eigenvalue weighted by Crippen LogP contribution is -2.42. The van der Waals surface area contributed by atoms with Crippen LogP contribution in [0.5, 0.6) is 0 Å². The van der Waals surface area contributed by atoms with E-state index in [0.29, 0.717) is 6.04 Å². The van der Waals surface area contributed by atoms with E-state index in [2.05, 4.69) is 41.9 Å². The fourth-order valence-electron chi connectivity index (χ4n) is 4.90. The Morgan fingerprint density at radius 1 is 1.12 bits per heavy atom. The molecule has 2 aromatic heterocycles. The molecule has 2 aromatic rings. The quantitative estimate of drug-likeness (QED) is 0.702. The van der Waals surface area contributed by atoms with Crippen LogP contribution in [0, 0.1) is 6.92 Å². The average molecular weight is 457 g/mol. The number of hydrogen-bond acceptors (Lipinski definition) is 5. The molecular weight excluding hydrogens is 424 g/mol. The fourth-order valence-corrected chi connectivity index (χ4v) is 4.90. The number of aryl methyl sites for hydroxylation is 2. The van der Waals surface area contributed by atoms with E-state index in [1.54, 1.807) is 11.0 Å². The van der Waals surface area contributed by atoms with Crippen molar-refractivity contribution in [3.8, 4) is 0 Å². The molecule has 0 spiro atoms. The Hall–Kier alpha value is -3.45. The molecule has 5 heterocycles. The van der Waals surface area contributed by atoms with Gasteiger partial charge in [-0.15, -0.1) is 0 Å². The highest BCUT2D eigenvalue weighted by molar-refractivity contribution is 5.99. The molecule has 5 rings (SSSR count). The number of carbonyl (C=O) groups is 1. The third-order valence-electron chi connectivity index (χ3n) is 6.87. The van der Waals surface area contributed by atoms with E-state index >= 15 is 0 Å². The summed E-state index contributed by atoms with van der Waals surface area (Å²) in [5, 5.41) is 4.75. The van der Waals surface area contributed by atoms with E-state index < -0.39 is 0 Å². The number of nitrogens with zero attached hydrogens (tertiary/aromatic N) is 6. The van der Waals surface area contributed by atoms with Gasteiger partial charge >= 0.3 is 0 Å². The number of piperidine rings is 1. The van der Waals surface area contributed by atoms with Crippen molar-refractivity contribution >= 4 is 17.0 Å². The maximum atomic E-state index is 13.4. The maximum absolute atomic E-state index is 13.4. The van der Waals surface area contributed by atoms with E-state index in [-0.39, 0.29) is 5.91 Å². The molecule has 0 aliphatic carbocycles. The van der Waals surface area contributed by atoms with Crippen molar-refractivity contribution in [1.29, 1.82) is 0 Å². The number of amides is 1. The SMILES string of the molecule is CCc1nc(C)cn2nc(C3=CC(=O)N4C=C(N5CCC(N(C)C)CC5)C=C/C4=C\C=C3)cc12. The summed E-state index contributed by atoms with van der Waals surface area (Å²) in [6, 6.07) is 2.64. The zero-order chi connectivity index (χ0) is 23.8. The standard InChI is InChI=1S/C27H32N6O/c1-5-24-26-16-25(29-33(26)17-19(2)28-24)20-7-6-8-22-9-10-23(18-32(22)27(34)15-20)31-13-11-21(12-14-31)30(3)4/h6-10,15-18,21H,5,11-14H2,1-4H3/b7-6?,20-15?,22-8+. The number of likely N-dealkylation sites (tertiary alicyclic amines) is 1. The van der Waals surface area contributed by atoms with Crippen LogP contribution in [0.4, 0.5) is 0 Å². The van der Waals surface area contributed by atoms with Gasteiger partial charge in [0.05, 0.1) is 34.5 Å². The van der Waals surface area contributed by atoms with Crippen LogP contribution < -0.4 is 0 Å². The molecule has 3 aliphatic rings. The topological polar surface area (TPSA) is 57.0 Å². The van der Waals surface area contributed by atoms with Crippen molar-refractivity contribution in [2.75, 3.05) is 27.2 Å². The van der Waals surface area contributed by atoms with Gasteiger partial charge in [-0.1, -0.05) is 19.1 Å². The molecule has 7 heteroatoms. The Balaban J connectivity index is 1.43. The molecule has 34 heavy (non-hydrogen) atoms. The summed E-state index contributed by atoms with van der Waals surface area (Å²) in [5.41, 5.74) is 6.43. The molecule has 0 aromatic carbocycles. The van der Waals surface area contributed by atoms with E-state index in [1.165, 1.54) is 0 Å². The fraction of sp³-hybridized carbons (Fsp3) is 0.370. The number of rotatable bonds is 4. The first-order chi connectivity index (χ1) is 16.4. The molecule has 7 nitrogen and oxygen atoms in total. The Morgan fingerprint density at radius 3 is 2.62 bits per heavy atom. The summed E-state index contributed by atoms with van der Waals surface area (Å²) >= 11 is 0. The molecule has 3 aliphatic heterocycles. The third-order valence-corrected chi connectivity index (χ3v) is 6.87. The number of aromatic nitrogens is 3. The normalized spacial score (nSPS) is 20.7. The first-order valence-electron chi connectivity index (χ1n) is 12.0. The number of fused-ring (bicyclic) bond motifs is 2. The maximum Gasteiger partial charge on any atom is 0.255 e. The molecule has 0 unspecified atom stereocenters. The van der Waals surface area contributed by atoms with Crippen LogP contribution >= 0.6 is 0 Å². The van der Waals surface area contributed by atoms with Crippen LogP contribution in [0.25, 0.3) is 11.1 Å². The van der Waals surface area contributed by atoms with Crippen molar-refractivity contribution in [1.82, 2.24) is 29.3 Å². The lowest BCUT2D eigenvalue weighted by molar-refractivity contribution is -0.122. The van der Waals surface area contributed by atoms with Gasteiger partial charge in [0.1, 0.15) is 0 Å². The molecular formula is C27H32N6O. The van der Waals surface area contributed by atoms with Crippen molar-refractivity contribution in [2.45, 2.75) is 39.2 Å². The predicted molar refractivity (Wildman–Crippen MR) is 135 cm³/mol. The zero-order valence-electron chi connectivity index (χ0n) is 20.4. The second-order valence-corrected chi connectivity index (χ2v) is 9.37. The van der Waals surface area contributed by atoms with E-state index in [1.807, 2.05) is 54.2 Å². The first kappa shape index (κ1) is 22.3. The van der Waals surface area contributed by atoms with Gasteiger partial charge in [-0.05, 0) is 64.6 Å². The molecule has 0 N–H and O–H groups in total. The van der Waals surface area contributed by atoms with Crippen molar-refractivity contribution in [3.63, 3.8) is 0 Å². The third kappa shape index (κ3) is 4.23. The Kier molecular flexibility index (Phi) is 5.96. The van der Waals surface area contributed by atoms with E-state index in [0.717, 1.165) is 71.9 Å². The van der Waals surface area contributed by atoms with Crippen LogP contribution in [0.2, 0.25) is 0 Å². The molecule has 176 valence electrons. The Bertz CT molecular complexity index is 1270. The molecule has 1 fully saturated rings. The van der Waals surface area contributed by atoms with Crippen molar-refractivity contribution in [2.24, 2.45) is 0 Å².